The standard InChI is InChI=1S/C22H23N3O/c1-14-4-7-19(16(3)10-14)17-6-8-20-18(11-17)13-24-25(22(20)26)21-9-5-15(2)12-23-21/h4-5,7,9-10,12-13,17H,6,8,11H2,1-3H3. The minimum absolute atomic E-state index is 0.0297. The summed E-state index contributed by atoms with van der Waals surface area (Å²) in [4.78, 5) is 17.3. The van der Waals surface area contributed by atoms with Crippen molar-refractivity contribution in [3.05, 3.63) is 86.5 Å². The summed E-state index contributed by atoms with van der Waals surface area (Å²) in [5.74, 6) is 1.04. The quantitative estimate of drug-likeness (QED) is 0.709. The van der Waals surface area contributed by atoms with E-state index < -0.39 is 0 Å². The van der Waals surface area contributed by atoms with Crippen LogP contribution in [0.5, 0.6) is 0 Å². The molecule has 4 nitrogen and oxygen atoms in total. The van der Waals surface area contributed by atoms with Gasteiger partial charge in [0.05, 0.1) is 6.20 Å². The molecule has 4 heteroatoms. The van der Waals surface area contributed by atoms with Gasteiger partial charge in [0.15, 0.2) is 5.82 Å². The fourth-order valence-corrected chi connectivity index (χ4v) is 3.95. The smallest absolute Gasteiger partial charge is 0.267 e. The third-order valence-corrected chi connectivity index (χ3v) is 5.35. The molecule has 0 saturated carbocycles. The van der Waals surface area contributed by atoms with Crippen LogP contribution in [0.2, 0.25) is 0 Å². The molecule has 2 heterocycles. The van der Waals surface area contributed by atoms with Gasteiger partial charge in [0, 0.05) is 11.8 Å². The molecule has 132 valence electrons. The average molecular weight is 345 g/mol. The SMILES string of the molecule is Cc1ccc(-n2ncc3c(c2=O)CCC(c2ccc(C)cc2C)C3)nc1. The normalized spacial score (nSPS) is 16.3. The number of rotatable bonds is 2. The van der Waals surface area contributed by atoms with Crippen molar-refractivity contribution in [1.82, 2.24) is 14.8 Å². The predicted octanol–water partition coefficient (Wildman–Crippen LogP) is 3.83. The summed E-state index contributed by atoms with van der Waals surface area (Å²) in [7, 11) is 0. The largest absolute Gasteiger partial charge is 0.276 e. The van der Waals surface area contributed by atoms with Crippen LogP contribution in [0.15, 0.2) is 47.5 Å². The molecular weight excluding hydrogens is 322 g/mol. The van der Waals surface area contributed by atoms with E-state index in [2.05, 4.69) is 42.1 Å². The lowest BCUT2D eigenvalue weighted by molar-refractivity contribution is 0.565. The molecule has 3 aromatic rings. The van der Waals surface area contributed by atoms with Crippen molar-refractivity contribution >= 4 is 0 Å². The maximum atomic E-state index is 12.9. The highest BCUT2D eigenvalue weighted by Crippen LogP contribution is 2.33. The number of pyridine rings is 1. The number of nitrogens with zero attached hydrogens (tertiary/aromatic N) is 3. The van der Waals surface area contributed by atoms with E-state index in [0.717, 1.165) is 36.0 Å². The summed E-state index contributed by atoms with van der Waals surface area (Å²) >= 11 is 0. The number of fused-ring (bicyclic) bond motifs is 1. The van der Waals surface area contributed by atoms with Crippen molar-refractivity contribution in [2.75, 3.05) is 0 Å². The summed E-state index contributed by atoms with van der Waals surface area (Å²) in [6.45, 7) is 6.28. The van der Waals surface area contributed by atoms with Crippen molar-refractivity contribution in [3.63, 3.8) is 0 Å². The average Bonchev–Trinajstić information content (AvgIpc) is 2.63. The van der Waals surface area contributed by atoms with E-state index >= 15 is 0 Å². The van der Waals surface area contributed by atoms with Crippen LogP contribution in [0.3, 0.4) is 0 Å². The van der Waals surface area contributed by atoms with Crippen LogP contribution < -0.4 is 5.56 Å². The molecule has 0 aliphatic heterocycles. The molecule has 1 aliphatic rings. The molecule has 0 N–H and O–H groups in total. The van der Waals surface area contributed by atoms with Gasteiger partial charge in [-0.2, -0.15) is 9.78 Å². The third kappa shape index (κ3) is 2.96. The number of aromatic nitrogens is 3. The van der Waals surface area contributed by atoms with Crippen LogP contribution >= 0.6 is 0 Å². The van der Waals surface area contributed by atoms with E-state index in [1.807, 2.05) is 25.3 Å². The summed E-state index contributed by atoms with van der Waals surface area (Å²) in [5.41, 5.74) is 7.03. The van der Waals surface area contributed by atoms with Gasteiger partial charge in [-0.15, -0.1) is 0 Å². The first-order valence-corrected chi connectivity index (χ1v) is 9.13. The molecule has 1 unspecified atom stereocenters. The molecule has 0 radical (unpaired) electrons. The molecule has 2 aromatic heterocycles. The first kappa shape index (κ1) is 16.7. The number of hydrogen-bond acceptors (Lipinski definition) is 3. The van der Waals surface area contributed by atoms with E-state index in [4.69, 9.17) is 0 Å². The Hall–Kier alpha value is -2.75. The lowest BCUT2D eigenvalue weighted by Crippen LogP contribution is -2.30. The Morgan fingerprint density at radius 1 is 1.04 bits per heavy atom. The number of benzene rings is 1. The molecule has 0 spiro atoms. The number of hydrogen-bond donors (Lipinski definition) is 0. The fraction of sp³-hybridized carbons (Fsp3) is 0.318. The van der Waals surface area contributed by atoms with Crippen molar-refractivity contribution in [3.8, 4) is 5.82 Å². The predicted molar refractivity (Wildman–Crippen MR) is 103 cm³/mol. The molecule has 1 aromatic carbocycles. The second kappa shape index (κ2) is 6.52. The monoisotopic (exact) mass is 345 g/mol. The molecule has 26 heavy (non-hydrogen) atoms. The Morgan fingerprint density at radius 3 is 2.58 bits per heavy atom. The topological polar surface area (TPSA) is 47.8 Å². The van der Waals surface area contributed by atoms with Crippen LogP contribution in [0.1, 0.15) is 45.7 Å². The van der Waals surface area contributed by atoms with Crippen LogP contribution in [0.25, 0.3) is 5.82 Å². The van der Waals surface area contributed by atoms with Crippen molar-refractivity contribution in [2.24, 2.45) is 0 Å². The summed E-state index contributed by atoms with van der Waals surface area (Å²) in [6.07, 6.45) is 6.29. The molecule has 4 rings (SSSR count). The summed E-state index contributed by atoms with van der Waals surface area (Å²) < 4.78 is 1.43. The molecule has 1 aliphatic carbocycles. The Morgan fingerprint density at radius 2 is 1.85 bits per heavy atom. The van der Waals surface area contributed by atoms with Gasteiger partial charge in [-0.3, -0.25) is 4.79 Å². The Kier molecular flexibility index (Phi) is 4.19. The van der Waals surface area contributed by atoms with Gasteiger partial charge in [-0.25, -0.2) is 4.98 Å². The van der Waals surface area contributed by atoms with E-state index in [1.165, 1.54) is 21.4 Å². The van der Waals surface area contributed by atoms with Gasteiger partial charge < -0.3 is 0 Å². The van der Waals surface area contributed by atoms with Crippen molar-refractivity contribution in [2.45, 2.75) is 46.0 Å². The van der Waals surface area contributed by atoms with Crippen LogP contribution in [-0.2, 0) is 12.8 Å². The highest BCUT2D eigenvalue weighted by atomic mass is 16.1. The van der Waals surface area contributed by atoms with Gasteiger partial charge in [0.25, 0.3) is 5.56 Å². The van der Waals surface area contributed by atoms with Gasteiger partial charge in [-0.05, 0) is 74.3 Å². The third-order valence-electron chi connectivity index (χ3n) is 5.35. The Labute approximate surface area is 153 Å². The first-order chi connectivity index (χ1) is 12.5. The lowest BCUT2D eigenvalue weighted by atomic mass is 9.79. The van der Waals surface area contributed by atoms with Gasteiger partial charge in [-0.1, -0.05) is 29.8 Å². The van der Waals surface area contributed by atoms with E-state index in [9.17, 15) is 4.79 Å². The molecule has 1 atom stereocenters. The summed E-state index contributed by atoms with van der Waals surface area (Å²) in [5, 5.41) is 4.40. The van der Waals surface area contributed by atoms with E-state index in [-0.39, 0.29) is 5.56 Å². The molecule has 0 amide bonds. The second-order valence-corrected chi connectivity index (χ2v) is 7.36. The van der Waals surface area contributed by atoms with E-state index in [1.54, 1.807) is 6.20 Å². The molecule has 0 bridgehead atoms. The first-order valence-electron chi connectivity index (χ1n) is 9.13. The van der Waals surface area contributed by atoms with Crippen molar-refractivity contribution in [1.29, 1.82) is 0 Å². The zero-order chi connectivity index (χ0) is 18.3. The molecule has 0 fully saturated rings. The maximum Gasteiger partial charge on any atom is 0.276 e. The maximum absolute atomic E-state index is 12.9. The molecule has 0 saturated heterocycles. The second-order valence-electron chi connectivity index (χ2n) is 7.36. The fourth-order valence-electron chi connectivity index (χ4n) is 3.95. The van der Waals surface area contributed by atoms with Gasteiger partial charge >= 0.3 is 0 Å². The van der Waals surface area contributed by atoms with Crippen LogP contribution in [0.4, 0.5) is 0 Å². The minimum atomic E-state index is -0.0297. The Balaban J connectivity index is 1.68. The van der Waals surface area contributed by atoms with Crippen LogP contribution in [-0.4, -0.2) is 14.8 Å². The highest BCUT2D eigenvalue weighted by molar-refractivity contribution is 5.37. The lowest BCUT2D eigenvalue weighted by Gasteiger charge is -2.26. The summed E-state index contributed by atoms with van der Waals surface area (Å²) in [6, 6.07) is 10.5. The van der Waals surface area contributed by atoms with Gasteiger partial charge in [0.1, 0.15) is 0 Å². The van der Waals surface area contributed by atoms with E-state index in [0.29, 0.717) is 11.7 Å². The van der Waals surface area contributed by atoms with Gasteiger partial charge in [0.2, 0.25) is 0 Å². The van der Waals surface area contributed by atoms with Crippen LogP contribution in [0, 0.1) is 20.8 Å². The van der Waals surface area contributed by atoms with Crippen molar-refractivity contribution < 1.29 is 0 Å². The Bertz CT molecular complexity index is 1020. The zero-order valence-corrected chi connectivity index (χ0v) is 15.5. The highest BCUT2D eigenvalue weighted by Gasteiger charge is 2.24. The zero-order valence-electron chi connectivity index (χ0n) is 15.5. The number of aryl methyl sites for hydroxylation is 3. The minimum Gasteiger partial charge on any atom is -0.267 e. The molecular formula is C22H23N3O.